The van der Waals surface area contributed by atoms with Crippen molar-refractivity contribution >= 4 is 22.6 Å². The molecule has 1 N–H and O–H groups in total. The van der Waals surface area contributed by atoms with E-state index < -0.39 is 30.1 Å². The monoisotopic (exact) mass is 303 g/mol. The van der Waals surface area contributed by atoms with Crippen molar-refractivity contribution in [1.29, 1.82) is 0 Å². The molecule has 72 valence electrons. The lowest BCUT2D eigenvalue weighted by Gasteiger charge is -2.06. The van der Waals surface area contributed by atoms with Crippen LogP contribution in [0, 0.1) is 9.52 Å². The molecule has 0 atom stereocenters. The van der Waals surface area contributed by atoms with Gasteiger partial charge in [-0.2, -0.15) is 0 Å². The van der Waals surface area contributed by atoms with Gasteiger partial charge in [0.25, 0.3) is 6.43 Å². The Labute approximate surface area is 85.9 Å². The van der Waals surface area contributed by atoms with Crippen LogP contribution in [0.4, 0.5) is 13.2 Å². The molecule has 0 amide bonds. The summed E-state index contributed by atoms with van der Waals surface area (Å²) >= 11 is 1.63. The number of rotatable bonds is 2. The van der Waals surface area contributed by atoms with Crippen LogP contribution in [-0.4, -0.2) is 10.1 Å². The zero-order valence-corrected chi connectivity index (χ0v) is 8.43. The summed E-state index contributed by atoms with van der Waals surface area (Å²) in [5.74, 6) is -0.850. The SMILES string of the molecule is OCc1c(F)cc(I)nc1C(F)F. The number of aliphatic hydroxyl groups excluding tert-OH is 1. The number of halogens is 4. The third-order valence-electron chi connectivity index (χ3n) is 1.44. The van der Waals surface area contributed by atoms with E-state index in [0.29, 0.717) is 0 Å². The highest BCUT2D eigenvalue weighted by Gasteiger charge is 2.18. The Morgan fingerprint density at radius 2 is 2.15 bits per heavy atom. The zero-order valence-electron chi connectivity index (χ0n) is 6.27. The van der Waals surface area contributed by atoms with Gasteiger partial charge in [-0.05, 0) is 22.6 Å². The van der Waals surface area contributed by atoms with E-state index in [-0.39, 0.29) is 3.70 Å². The Morgan fingerprint density at radius 1 is 1.54 bits per heavy atom. The fraction of sp³-hybridized carbons (Fsp3) is 0.286. The molecule has 0 aliphatic rings. The zero-order chi connectivity index (χ0) is 10.0. The molecule has 0 aliphatic heterocycles. The number of aromatic nitrogens is 1. The molecule has 0 fully saturated rings. The highest BCUT2D eigenvalue weighted by atomic mass is 127. The Morgan fingerprint density at radius 3 is 2.62 bits per heavy atom. The van der Waals surface area contributed by atoms with Crippen LogP contribution in [0.15, 0.2) is 6.07 Å². The molecule has 6 heteroatoms. The van der Waals surface area contributed by atoms with Crippen molar-refractivity contribution in [1.82, 2.24) is 4.98 Å². The molecule has 0 unspecified atom stereocenters. The fourth-order valence-electron chi connectivity index (χ4n) is 0.866. The van der Waals surface area contributed by atoms with E-state index >= 15 is 0 Å². The van der Waals surface area contributed by atoms with Crippen LogP contribution in [-0.2, 0) is 6.61 Å². The summed E-state index contributed by atoms with van der Waals surface area (Å²) < 4.78 is 37.5. The first-order valence-electron chi connectivity index (χ1n) is 3.30. The highest BCUT2D eigenvalue weighted by Crippen LogP contribution is 2.24. The van der Waals surface area contributed by atoms with Gasteiger partial charge in [-0.15, -0.1) is 0 Å². The van der Waals surface area contributed by atoms with Crippen molar-refractivity contribution in [2.24, 2.45) is 0 Å². The minimum absolute atomic E-state index is 0.141. The molecule has 1 aromatic heterocycles. The van der Waals surface area contributed by atoms with E-state index in [1.807, 2.05) is 0 Å². The maximum Gasteiger partial charge on any atom is 0.280 e. The molecule has 0 spiro atoms. The minimum atomic E-state index is -2.87. The number of hydrogen-bond acceptors (Lipinski definition) is 2. The van der Waals surface area contributed by atoms with Crippen molar-refractivity contribution in [3.63, 3.8) is 0 Å². The average Bonchev–Trinajstić information content (AvgIpc) is 2.02. The first kappa shape index (κ1) is 10.7. The van der Waals surface area contributed by atoms with E-state index in [9.17, 15) is 13.2 Å². The molecule has 0 saturated carbocycles. The standard InChI is InChI=1S/C7H5F3INO/c8-4-1-5(11)12-6(7(9)10)3(4)2-13/h1,7,13H,2H2. The van der Waals surface area contributed by atoms with E-state index in [0.717, 1.165) is 6.07 Å². The van der Waals surface area contributed by atoms with Crippen LogP contribution in [0.3, 0.4) is 0 Å². The van der Waals surface area contributed by atoms with Gasteiger partial charge in [-0.1, -0.05) is 0 Å². The molecule has 1 aromatic rings. The average molecular weight is 303 g/mol. The summed E-state index contributed by atoms with van der Waals surface area (Å²) in [4.78, 5) is 3.44. The molecular formula is C7H5F3INO. The minimum Gasteiger partial charge on any atom is -0.391 e. The Kier molecular flexibility index (Phi) is 3.48. The van der Waals surface area contributed by atoms with E-state index in [1.54, 1.807) is 22.6 Å². The predicted molar refractivity (Wildman–Crippen MR) is 47.8 cm³/mol. The molecule has 1 rings (SSSR count). The van der Waals surface area contributed by atoms with Crippen LogP contribution < -0.4 is 0 Å². The van der Waals surface area contributed by atoms with Crippen LogP contribution in [0.5, 0.6) is 0 Å². The van der Waals surface area contributed by atoms with Crippen molar-refractivity contribution < 1.29 is 18.3 Å². The molecule has 0 radical (unpaired) electrons. The van der Waals surface area contributed by atoms with Crippen molar-refractivity contribution in [3.05, 3.63) is 26.8 Å². The fourth-order valence-corrected chi connectivity index (χ4v) is 1.40. The smallest absolute Gasteiger partial charge is 0.280 e. The van der Waals surface area contributed by atoms with Crippen LogP contribution >= 0.6 is 22.6 Å². The molecule has 13 heavy (non-hydrogen) atoms. The first-order chi connectivity index (χ1) is 6.06. The van der Waals surface area contributed by atoms with E-state index in [4.69, 9.17) is 5.11 Å². The molecule has 0 bridgehead atoms. The summed E-state index contributed by atoms with van der Waals surface area (Å²) in [5, 5.41) is 8.62. The highest BCUT2D eigenvalue weighted by molar-refractivity contribution is 14.1. The number of alkyl halides is 2. The van der Waals surface area contributed by atoms with Gasteiger partial charge >= 0.3 is 0 Å². The summed E-state index contributed by atoms with van der Waals surface area (Å²) in [6, 6.07) is 0.998. The van der Waals surface area contributed by atoms with Gasteiger partial charge < -0.3 is 5.11 Å². The van der Waals surface area contributed by atoms with Gasteiger partial charge in [0.1, 0.15) is 15.2 Å². The second kappa shape index (κ2) is 4.23. The summed E-state index contributed by atoms with van der Waals surface area (Å²) in [6.07, 6.45) is -2.87. The van der Waals surface area contributed by atoms with Gasteiger partial charge in [0.2, 0.25) is 0 Å². The lowest BCUT2D eigenvalue weighted by atomic mass is 10.2. The second-order valence-electron chi connectivity index (χ2n) is 2.25. The van der Waals surface area contributed by atoms with E-state index in [1.165, 1.54) is 0 Å². The Hall–Kier alpha value is -0.370. The second-order valence-corrected chi connectivity index (χ2v) is 3.35. The summed E-state index contributed by atoms with van der Waals surface area (Å²) in [7, 11) is 0. The molecule has 0 saturated heterocycles. The number of hydrogen-bond donors (Lipinski definition) is 1. The molecule has 0 aliphatic carbocycles. The largest absolute Gasteiger partial charge is 0.391 e. The number of nitrogens with zero attached hydrogens (tertiary/aromatic N) is 1. The Bertz CT molecular complexity index is 319. The topological polar surface area (TPSA) is 33.1 Å². The van der Waals surface area contributed by atoms with Crippen LogP contribution in [0.1, 0.15) is 17.7 Å². The van der Waals surface area contributed by atoms with Crippen LogP contribution in [0.25, 0.3) is 0 Å². The van der Waals surface area contributed by atoms with Gasteiger partial charge in [-0.25, -0.2) is 18.2 Å². The lowest BCUT2D eigenvalue weighted by molar-refractivity contribution is 0.140. The molecule has 2 nitrogen and oxygen atoms in total. The quantitative estimate of drug-likeness (QED) is 0.671. The number of aliphatic hydroxyl groups is 1. The Balaban J connectivity index is 3.29. The third-order valence-corrected chi connectivity index (χ3v) is 1.99. The normalized spacial score (nSPS) is 10.9. The third kappa shape index (κ3) is 2.31. The molecule has 0 aromatic carbocycles. The van der Waals surface area contributed by atoms with Crippen LogP contribution in [0.2, 0.25) is 0 Å². The van der Waals surface area contributed by atoms with Gasteiger partial charge in [0.15, 0.2) is 0 Å². The predicted octanol–water partition coefficient (Wildman–Crippen LogP) is 2.26. The van der Waals surface area contributed by atoms with E-state index in [2.05, 4.69) is 4.98 Å². The molecular weight excluding hydrogens is 298 g/mol. The van der Waals surface area contributed by atoms with Crippen molar-refractivity contribution in [2.45, 2.75) is 13.0 Å². The first-order valence-corrected chi connectivity index (χ1v) is 4.38. The number of pyridine rings is 1. The van der Waals surface area contributed by atoms with Gasteiger partial charge in [-0.3, -0.25) is 0 Å². The van der Waals surface area contributed by atoms with Crippen molar-refractivity contribution in [2.75, 3.05) is 0 Å². The lowest BCUT2D eigenvalue weighted by Crippen LogP contribution is -2.03. The summed E-state index contributed by atoms with van der Waals surface area (Å²) in [5.41, 5.74) is -1.12. The van der Waals surface area contributed by atoms with Gasteiger partial charge in [0.05, 0.1) is 6.61 Å². The maximum absolute atomic E-state index is 12.9. The van der Waals surface area contributed by atoms with Gasteiger partial charge in [0, 0.05) is 11.6 Å². The molecule has 1 heterocycles. The summed E-state index contributed by atoms with van der Waals surface area (Å²) in [6.45, 7) is -0.768. The maximum atomic E-state index is 12.9. The van der Waals surface area contributed by atoms with Crippen molar-refractivity contribution in [3.8, 4) is 0 Å².